The smallest absolute Gasteiger partial charge is 0.226 e. The molecule has 0 saturated carbocycles. The number of hydrogen-bond donors (Lipinski definition) is 1. The van der Waals surface area contributed by atoms with E-state index in [4.69, 9.17) is 5.73 Å². The highest BCUT2D eigenvalue weighted by molar-refractivity contribution is 5.79. The van der Waals surface area contributed by atoms with Crippen molar-refractivity contribution in [1.82, 2.24) is 4.90 Å². The molecule has 0 radical (unpaired) electrons. The molecule has 1 heterocycles. The molecule has 1 aliphatic rings. The van der Waals surface area contributed by atoms with Gasteiger partial charge in [0.1, 0.15) is 0 Å². The lowest BCUT2D eigenvalue weighted by atomic mass is 10.1. The van der Waals surface area contributed by atoms with Gasteiger partial charge >= 0.3 is 0 Å². The zero-order valence-electron chi connectivity index (χ0n) is 11.1. The Morgan fingerprint density at radius 2 is 2.00 bits per heavy atom. The van der Waals surface area contributed by atoms with Gasteiger partial charge in [-0.15, -0.1) is 0 Å². The van der Waals surface area contributed by atoms with Gasteiger partial charge in [0.2, 0.25) is 5.91 Å². The van der Waals surface area contributed by atoms with E-state index >= 15 is 0 Å². The molecule has 1 aromatic rings. The summed E-state index contributed by atoms with van der Waals surface area (Å²) < 4.78 is 0. The van der Waals surface area contributed by atoms with Crippen molar-refractivity contribution >= 4 is 5.91 Å². The summed E-state index contributed by atoms with van der Waals surface area (Å²) in [7, 11) is 0. The molecule has 0 spiro atoms. The number of likely N-dealkylation sites (tertiary alicyclic amines) is 1. The highest BCUT2D eigenvalue weighted by Gasteiger charge is 2.24. The van der Waals surface area contributed by atoms with Gasteiger partial charge in [0, 0.05) is 19.6 Å². The predicted molar refractivity (Wildman–Crippen MR) is 73.0 cm³/mol. The van der Waals surface area contributed by atoms with Gasteiger partial charge in [-0.1, -0.05) is 37.6 Å². The molecule has 1 atom stereocenters. The number of carbonyl (C=O) groups is 1. The Balaban J connectivity index is 1.90. The first kappa shape index (κ1) is 13.1. The second-order valence-corrected chi connectivity index (χ2v) is 5.10. The normalized spacial score (nSPS) is 19.2. The lowest BCUT2D eigenvalue weighted by molar-refractivity contribution is -0.129. The highest BCUT2D eigenvalue weighted by Crippen LogP contribution is 2.20. The summed E-state index contributed by atoms with van der Waals surface area (Å²) in [5.74, 6) is 0.958. The lowest BCUT2D eigenvalue weighted by Crippen LogP contribution is -2.30. The van der Waals surface area contributed by atoms with E-state index in [-0.39, 0.29) is 5.91 Å². The number of nitrogens with zero attached hydrogens (tertiary/aromatic N) is 1. The minimum atomic E-state index is 0.256. The standard InChI is InChI=1S/C15H22N2O/c1-2-12-7-8-17(11-12)15(18)9-13-3-5-14(10-16)6-4-13/h3-6,12H,2,7-11,16H2,1H3. The summed E-state index contributed by atoms with van der Waals surface area (Å²) >= 11 is 0. The van der Waals surface area contributed by atoms with Crippen LogP contribution < -0.4 is 5.73 Å². The number of rotatable bonds is 4. The molecule has 1 saturated heterocycles. The minimum Gasteiger partial charge on any atom is -0.342 e. The van der Waals surface area contributed by atoms with Crippen molar-refractivity contribution in [1.29, 1.82) is 0 Å². The third kappa shape index (κ3) is 3.10. The quantitative estimate of drug-likeness (QED) is 0.882. The van der Waals surface area contributed by atoms with Crippen LogP contribution in [0.4, 0.5) is 0 Å². The molecule has 3 nitrogen and oxygen atoms in total. The van der Waals surface area contributed by atoms with E-state index in [1.54, 1.807) is 0 Å². The van der Waals surface area contributed by atoms with E-state index in [0.29, 0.717) is 18.9 Å². The van der Waals surface area contributed by atoms with Crippen LogP contribution in [-0.2, 0) is 17.8 Å². The molecule has 2 N–H and O–H groups in total. The molecule has 18 heavy (non-hydrogen) atoms. The average Bonchev–Trinajstić information content (AvgIpc) is 2.88. The van der Waals surface area contributed by atoms with Crippen LogP contribution >= 0.6 is 0 Å². The van der Waals surface area contributed by atoms with Crippen molar-refractivity contribution in [2.24, 2.45) is 11.7 Å². The molecule has 2 rings (SSSR count). The first-order valence-electron chi connectivity index (χ1n) is 6.78. The molecule has 1 aliphatic heterocycles. The number of nitrogens with two attached hydrogens (primary N) is 1. The number of carbonyl (C=O) groups excluding carboxylic acids is 1. The van der Waals surface area contributed by atoms with Crippen LogP contribution in [0.2, 0.25) is 0 Å². The Hall–Kier alpha value is -1.35. The first-order valence-corrected chi connectivity index (χ1v) is 6.78. The van der Waals surface area contributed by atoms with Gasteiger partial charge in [-0.3, -0.25) is 4.79 Å². The van der Waals surface area contributed by atoms with Crippen LogP contribution in [0.25, 0.3) is 0 Å². The number of hydrogen-bond acceptors (Lipinski definition) is 2. The van der Waals surface area contributed by atoms with Crippen molar-refractivity contribution < 1.29 is 4.79 Å². The van der Waals surface area contributed by atoms with Crippen LogP contribution in [-0.4, -0.2) is 23.9 Å². The van der Waals surface area contributed by atoms with Crippen molar-refractivity contribution in [3.63, 3.8) is 0 Å². The SMILES string of the molecule is CCC1CCN(C(=O)Cc2ccc(CN)cc2)C1. The van der Waals surface area contributed by atoms with Crippen molar-refractivity contribution in [3.05, 3.63) is 35.4 Å². The van der Waals surface area contributed by atoms with E-state index in [0.717, 1.165) is 30.6 Å². The molecule has 1 amide bonds. The Bertz CT molecular complexity index is 399. The summed E-state index contributed by atoms with van der Waals surface area (Å²) in [4.78, 5) is 14.1. The maximum atomic E-state index is 12.1. The third-order valence-electron chi connectivity index (χ3n) is 3.83. The van der Waals surface area contributed by atoms with Gasteiger partial charge in [-0.25, -0.2) is 0 Å². The maximum absolute atomic E-state index is 12.1. The van der Waals surface area contributed by atoms with Gasteiger partial charge in [0.15, 0.2) is 0 Å². The molecule has 1 aromatic carbocycles. The largest absolute Gasteiger partial charge is 0.342 e. The Labute approximate surface area is 109 Å². The van der Waals surface area contributed by atoms with Crippen LogP contribution in [0, 0.1) is 5.92 Å². The fraction of sp³-hybridized carbons (Fsp3) is 0.533. The topological polar surface area (TPSA) is 46.3 Å². The monoisotopic (exact) mass is 246 g/mol. The Morgan fingerprint density at radius 3 is 2.56 bits per heavy atom. The fourth-order valence-electron chi connectivity index (χ4n) is 2.47. The number of benzene rings is 1. The van der Waals surface area contributed by atoms with Gasteiger partial charge < -0.3 is 10.6 Å². The lowest BCUT2D eigenvalue weighted by Gasteiger charge is -2.16. The van der Waals surface area contributed by atoms with E-state index in [1.165, 1.54) is 6.42 Å². The van der Waals surface area contributed by atoms with Gasteiger partial charge in [-0.2, -0.15) is 0 Å². The molecule has 0 aromatic heterocycles. The van der Waals surface area contributed by atoms with E-state index in [9.17, 15) is 4.79 Å². The molecule has 0 aliphatic carbocycles. The molecule has 1 unspecified atom stereocenters. The van der Waals surface area contributed by atoms with Crippen LogP contribution in [0.15, 0.2) is 24.3 Å². The maximum Gasteiger partial charge on any atom is 0.226 e. The van der Waals surface area contributed by atoms with Gasteiger partial charge in [0.05, 0.1) is 6.42 Å². The van der Waals surface area contributed by atoms with Crippen molar-refractivity contribution in [2.75, 3.05) is 13.1 Å². The molecular formula is C15H22N2O. The van der Waals surface area contributed by atoms with E-state index in [1.807, 2.05) is 29.2 Å². The Morgan fingerprint density at radius 1 is 1.33 bits per heavy atom. The van der Waals surface area contributed by atoms with Crippen LogP contribution in [0.1, 0.15) is 30.9 Å². The fourth-order valence-corrected chi connectivity index (χ4v) is 2.47. The zero-order valence-corrected chi connectivity index (χ0v) is 11.1. The van der Waals surface area contributed by atoms with E-state index < -0.39 is 0 Å². The van der Waals surface area contributed by atoms with Gasteiger partial charge in [0.25, 0.3) is 0 Å². The average molecular weight is 246 g/mol. The predicted octanol–water partition coefficient (Wildman–Crippen LogP) is 1.95. The summed E-state index contributed by atoms with van der Waals surface area (Å²) in [5.41, 5.74) is 7.75. The summed E-state index contributed by atoms with van der Waals surface area (Å²) in [6, 6.07) is 8.02. The van der Waals surface area contributed by atoms with Crippen LogP contribution in [0.3, 0.4) is 0 Å². The number of amides is 1. The van der Waals surface area contributed by atoms with E-state index in [2.05, 4.69) is 6.92 Å². The first-order chi connectivity index (χ1) is 8.72. The Kier molecular flexibility index (Phi) is 4.37. The minimum absolute atomic E-state index is 0.256. The third-order valence-corrected chi connectivity index (χ3v) is 3.83. The molecule has 0 bridgehead atoms. The molecule has 3 heteroatoms. The van der Waals surface area contributed by atoms with Gasteiger partial charge in [-0.05, 0) is 23.5 Å². The molecule has 98 valence electrons. The summed E-state index contributed by atoms with van der Waals surface area (Å²) in [5, 5.41) is 0. The second kappa shape index (κ2) is 6.01. The highest BCUT2D eigenvalue weighted by atomic mass is 16.2. The van der Waals surface area contributed by atoms with Crippen molar-refractivity contribution in [2.45, 2.75) is 32.7 Å². The summed E-state index contributed by atoms with van der Waals surface area (Å²) in [6.45, 7) is 4.62. The summed E-state index contributed by atoms with van der Waals surface area (Å²) in [6.07, 6.45) is 2.85. The molecule has 1 fully saturated rings. The molecular weight excluding hydrogens is 224 g/mol. The van der Waals surface area contributed by atoms with Crippen molar-refractivity contribution in [3.8, 4) is 0 Å². The zero-order chi connectivity index (χ0) is 13.0. The second-order valence-electron chi connectivity index (χ2n) is 5.10. The van der Waals surface area contributed by atoms with Crippen LogP contribution in [0.5, 0.6) is 0 Å².